The molecule has 0 aromatic rings. The Labute approximate surface area is 85.6 Å². The van der Waals surface area contributed by atoms with Gasteiger partial charge in [0.1, 0.15) is 6.04 Å². The summed E-state index contributed by atoms with van der Waals surface area (Å²) >= 11 is 0. The van der Waals surface area contributed by atoms with Crippen molar-refractivity contribution in [3.05, 3.63) is 0 Å². The first-order chi connectivity index (χ1) is 6.70. The molecular formula is C10H20N2O2. The van der Waals surface area contributed by atoms with Crippen LogP contribution in [0.4, 0.5) is 0 Å². The highest BCUT2D eigenvalue weighted by molar-refractivity contribution is 5.76. The maximum absolute atomic E-state index is 11.4. The van der Waals surface area contributed by atoms with Crippen molar-refractivity contribution in [2.75, 3.05) is 33.8 Å². The highest BCUT2D eigenvalue weighted by Gasteiger charge is 2.22. The van der Waals surface area contributed by atoms with Crippen LogP contribution in [0.3, 0.4) is 0 Å². The third kappa shape index (κ3) is 4.07. The van der Waals surface area contributed by atoms with Crippen molar-refractivity contribution in [3.63, 3.8) is 0 Å². The van der Waals surface area contributed by atoms with E-state index in [9.17, 15) is 4.79 Å². The zero-order valence-electron chi connectivity index (χ0n) is 9.08. The summed E-state index contributed by atoms with van der Waals surface area (Å²) in [7, 11) is 4.03. The van der Waals surface area contributed by atoms with Gasteiger partial charge in [0.25, 0.3) is 0 Å². The van der Waals surface area contributed by atoms with Gasteiger partial charge in [0.2, 0.25) is 0 Å². The summed E-state index contributed by atoms with van der Waals surface area (Å²) < 4.78 is 5.15. The molecule has 0 aromatic carbocycles. The Kier molecular flexibility index (Phi) is 4.90. The summed E-state index contributed by atoms with van der Waals surface area (Å²) in [5, 5.41) is 3.12. The van der Waals surface area contributed by atoms with Crippen LogP contribution in [-0.4, -0.2) is 50.7 Å². The van der Waals surface area contributed by atoms with Crippen molar-refractivity contribution in [2.45, 2.75) is 25.3 Å². The van der Waals surface area contributed by atoms with Gasteiger partial charge in [0.05, 0.1) is 6.61 Å². The normalized spacial score (nSPS) is 21.5. The number of nitrogens with one attached hydrogen (secondary N) is 1. The van der Waals surface area contributed by atoms with Crippen LogP contribution in [0.5, 0.6) is 0 Å². The first-order valence-corrected chi connectivity index (χ1v) is 5.25. The van der Waals surface area contributed by atoms with E-state index in [0.29, 0.717) is 6.61 Å². The number of carbonyl (C=O) groups is 1. The number of carbonyl (C=O) groups excluding carboxylic acids is 1. The first kappa shape index (κ1) is 11.5. The molecule has 0 bridgehead atoms. The second kappa shape index (κ2) is 5.98. The topological polar surface area (TPSA) is 41.6 Å². The summed E-state index contributed by atoms with van der Waals surface area (Å²) in [5.41, 5.74) is 0. The minimum absolute atomic E-state index is 0.0469. The zero-order valence-corrected chi connectivity index (χ0v) is 9.08. The van der Waals surface area contributed by atoms with Crippen molar-refractivity contribution in [3.8, 4) is 0 Å². The van der Waals surface area contributed by atoms with Crippen molar-refractivity contribution >= 4 is 5.97 Å². The Balaban J connectivity index is 2.03. The Morgan fingerprint density at radius 2 is 2.36 bits per heavy atom. The number of nitrogens with zero attached hydrogens (tertiary/aromatic N) is 1. The van der Waals surface area contributed by atoms with Crippen molar-refractivity contribution in [1.82, 2.24) is 10.2 Å². The van der Waals surface area contributed by atoms with Gasteiger partial charge < -0.3 is 15.0 Å². The molecule has 0 unspecified atom stereocenters. The predicted octanol–water partition coefficient (Wildman–Crippen LogP) is 0.233. The molecule has 0 aliphatic carbocycles. The largest absolute Gasteiger partial charge is 0.464 e. The van der Waals surface area contributed by atoms with Gasteiger partial charge in [-0.2, -0.15) is 0 Å². The fourth-order valence-electron chi connectivity index (χ4n) is 1.54. The van der Waals surface area contributed by atoms with Gasteiger partial charge in [-0.25, -0.2) is 0 Å². The van der Waals surface area contributed by atoms with Gasteiger partial charge in [0.15, 0.2) is 0 Å². The van der Waals surface area contributed by atoms with E-state index < -0.39 is 0 Å². The fraction of sp³-hybridized carbons (Fsp3) is 0.900. The Morgan fingerprint density at radius 1 is 1.57 bits per heavy atom. The molecule has 0 saturated carbocycles. The first-order valence-electron chi connectivity index (χ1n) is 5.25. The Morgan fingerprint density at radius 3 is 2.93 bits per heavy atom. The lowest BCUT2D eigenvalue weighted by Gasteiger charge is -2.12. The molecule has 14 heavy (non-hydrogen) atoms. The zero-order chi connectivity index (χ0) is 10.4. The van der Waals surface area contributed by atoms with E-state index in [2.05, 4.69) is 10.2 Å². The van der Waals surface area contributed by atoms with E-state index in [1.807, 2.05) is 14.1 Å². The van der Waals surface area contributed by atoms with E-state index in [0.717, 1.165) is 32.4 Å². The molecule has 0 amide bonds. The van der Waals surface area contributed by atoms with Gasteiger partial charge in [-0.3, -0.25) is 4.79 Å². The molecule has 1 aliphatic rings. The third-order valence-corrected chi connectivity index (χ3v) is 2.34. The van der Waals surface area contributed by atoms with Crippen LogP contribution in [0, 0.1) is 0 Å². The molecule has 1 rings (SSSR count). The van der Waals surface area contributed by atoms with Gasteiger partial charge in [-0.1, -0.05) is 0 Å². The van der Waals surface area contributed by atoms with Crippen LogP contribution in [-0.2, 0) is 9.53 Å². The van der Waals surface area contributed by atoms with Gasteiger partial charge in [-0.05, 0) is 39.9 Å². The van der Waals surface area contributed by atoms with Gasteiger partial charge in [-0.15, -0.1) is 0 Å². The van der Waals surface area contributed by atoms with E-state index >= 15 is 0 Å². The molecule has 82 valence electrons. The molecular weight excluding hydrogens is 180 g/mol. The highest BCUT2D eigenvalue weighted by atomic mass is 16.5. The van der Waals surface area contributed by atoms with Crippen LogP contribution in [0.2, 0.25) is 0 Å². The van der Waals surface area contributed by atoms with Crippen LogP contribution < -0.4 is 5.32 Å². The van der Waals surface area contributed by atoms with E-state index in [-0.39, 0.29) is 12.0 Å². The molecule has 1 aliphatic heterocycles. The standard InChI is InChI=1S/C10H20N2O2/c1-12(2)7-4-8-14-10(13)9-5-3-6-11-9/h9,11H,3-8H2,1-2H3/t9-/m0/s1. The molecule has 1 atom stereocenters. The van der Waals surface area contributed by atoms with Crippen molar-refractivity contribution in [2.24, 2.45) is 0 Å². The van der Waals surface area contributed by atoms with Gasteiger partial charge in [0, 0.05) is 6.54 Å². The minimum Gasteiger partial charge on any atom is -0.464 e. The van der Waals surface area contributed by atoms with Crippen LogP contribution >= 0.6 is 0 Å². The predicted molar refractivity (Wildman–Crippen MR) is 55.2 cm³/mol. The molecule has 1 saturated heterocycles. The van der Waals surface area contributed by atoms with Crippen LogP contribution in [0.25, 0.3) is 0 Å². The molecule has 0 spiro atoms. The maximum Gasteiger partial charge on any atom is 0.323 e. The lowest BCUT2D eigenvalue weighted by molar-refractivity contribution is -0.145. The monoisotopic (exact) mass is 200 g/mol. The Bertz CT molecular complexity index is 177. The molecule has 0 aromatic heterocycles. The highest BCUT2D eigenvalue weighted by Crippen LogP contribution is 2.06. The lowest BCUT2D eigenvalue weighted by Crippen LogP contribution is -2.32. The summed E-state index contributed by atoms with van der Waals surface area (Å²) in [4.78, 5) is 13.5. The minimum atomic E-state index is -0.0822. The van der Waals surface area contributed by atoms with E-state index in [1.54, 1.807) is 0 Å². The molecule has 1 fully saturated rings. The number of hydrogen-bond donors (Lipinski definition) is 1. The molecule has 1 heterocycles. The average Bonchev–Trinajstić information content (AvgIpc) is 2.64. The number of hydrogen-bond acceptors (Lipinski definition) is 4. The SMILES string of the molecule is CN(C)CCCOC(=O)[C@@H]1CCCN1. The summed E-state index contributed by atoms with van der Waals surface area (Å²) in [6.45, 7) is 2.44. The molecule has 0 radical (unpaired) electrons. The average molecular weight is 200 g/mol. The lowest BCUT2D eigenvalue weighted by atomic mass is 10.2. The van der Waals surface area contributed by atoms with Gasteiger partial charge >= 0.3 is 5.97 Å². The molecule has 4 nitrogen and oxygen atoms in total. The third-order valence-electron chi connectivity index (χ3n) is 2.34. The van der Waals surface area contributed by atoms with Crippen LogP contribution in [0.1, 0.15) is 19.3 Å². The number of rotatable bonds is 5. The second-order valence-electron chi connectivity index (χ2n) is 3.97. The maximum atomic E-state index is 11.4. The molecule has 4 heteroatoms. The summed E-state index contributed by atoms with van der Waals surface area (Å²) in [6.07, 6.45) is 2.91. The fourth-order valence-corrected chi connectivity index (χ4v) is 1.54. The summed E-state index contributed by atoms with van der Waals surface area (Å²) in [6, 6.07) is -0.0469. The van der Waals surface area contributed by atoms with Crippen LogP contribution in [0.15, 0.2) is 0 Å². The molecule has 1 N–H and O–H groups in total. The Hall–Kier alpha value is -0.610. The smallest absolute Gasteiger partial charge is 0.323 e. The number of ether oxygens (including phenoxy) is 1. The summed E-state index contributed by atoms with van der Waals surface area (Å²) in [5.74, 6) is -0.0822. The van der Waals surface area contributed by atoms with E-state index in [1.165, 1.54) is 0 Å². The van der Waals surface area contributed by atoms with E-state index in [4.69, 9.17) is 4.74 Å². The van der Waals surface area contributed by atoms with Crippen molar-refractivity contribution < 1.29 is 9.53 Å². The number of esters is 1. The van der Waals surface area contributed by atoms with Crippen molar-refractivity contribution in [1.29, 1.82) is 0 Å². The quantitative estimate of drug-likeness (QED) is 0.509. The second-order valence-corrected chi connectivity index (χ2v) is 3.97.